The third kappa shape index (κ3) is 3.45. The van der Waals surface area contributed by atoms with Crippen molar-refractivity contribution in [2.75, 3.05) is 5.32 Å². The van der Waals surface area contributed by atoms with E-state index in [1.807, 2.05) is 36.4 Å². The third-order valence-corrected chi connectivity index (χ3v) is 3.62. The number of para-hydroxylation sites is 1. The smallest absolute Gasteiger partial charge is 0.0422 e. The first kappa shape index (κ1) is 13.7. The summed E-state index contributed by atoms with van der Waals surface area (Å²) in [7, 11) is 0. The van der Waals surface area contributed by atoms with Gasteiger partial charge in [0.15, 0.2) is 0 Å². The van der Waals surface area contributed by atoms with Crippen molar-refractivity contribution in [2.24, 2.45) is 0 Å². The Balaban J connectivity index is 1.86. The lowest BCUT2D eigenvalue weighted by Crippen LogP contribution is -2.00. The fourth-order valence-electron chi connectivity index (χ4n) is 2.34. The van der Waals surface area contributed by atoms with Gasteiger partial charge in [-0.1, -0.05) is 72.3 Å². The maximum Gasteiger partial charge on any atom is 0.0422 e. The van der Waals surface area contributed by atoms with Crippen molar-refractivity contribution in [3.05, 3.63) is 89.4 Å². The normalized spacial score (nSPS) is 10.3. The van der Waals surface area contributed by atoms with E-state index < -0.39 is 0 Å². The molecule has 3 aromatic carbocycles. The summed E-state index contributed by atoms with van der Waals surface area (Å²) < 4.78 is 0. The van der Waals surface area contributed by atoms with Crippen LogP contribution in [0.5, 0.6) is 0 Å². The van der Waals surface area contributed by atoms with Crippen LogP contribution in [0.4, 0.5) is 5.69 Å². The highest BCUT2D eigenvalue weighted by Crippen LogP contribution is 2.29. The Hall–Kier alpha value is -2.25. The van der Waals surface area contributed by atoms with Crippen LogP contribution in [0.15, 0.2) is 78.9 Å². The Morgan fingerprint density at radius 3 is 2.33 bits per heavy atom. The highest BCUT2D eigenvalue weighted by molar-refractivity contribution is 6.30. The molecule has 1 nitrogen and oxygen atoms in total. The minimum absolute atomic E-state index is 0.755. The van der Waals surface area contributed by atoms with E-state index in [4.69, 9.17) is 11.6 Å². The quantitative estimate of drug-likeness (QED) is 0.658. The molecule has 0 bridgehead atoms. The van der Waals surface area contributed by atoms with Gasteiger partial charge < -0.3 is 5.32 Å². The Bertz CT molecular complexity index is 722. The minimum Gasteiger partial charge on any atom is -0.380 e. The van der Waals surface area contributed by atoms with Gasteiger partial charge in [0.05, 0.1) is 0 Å². The fraction of sp³-hybridized carbons (Fsp3) is 0.0526. The highest BCUT2D eigenvalue weighted by atomic mass is 35.5. The second-order valence-corrected chi connectivity index (χ2v) is 5.33. The molecule has 0 aliphatic heterocycles. The van der Waals surface area contributed by atoms with Gasteiger partial charge in [0.1, 0.15) is 0 Å². The number of hydrogen-bond donors (Lipinski definition) is 1. The second-order valence-electron chi connectivity index (χ2n) is 4.90. The SMILES string of the molecule is Clc1cccc(-c2ccccc2NCc2ccccc2)c1. The van der Waals surface area contributed by atoms with E-state index in [0.29, 0.717) is 0 Å². The molecular weight excluding hydrogens is 278 g/mol. The molecule has 0 fully saturated rings. The number of rotatable bonds is 4. The van der Waals surface area contributed by atoms with Crippen LogP contribution in [-0.2, 0) is 6.54 Å². The first-order valence-corrected chi connectivity index (χ1v) is 7.33. The number of hydrogen-bond acceptors (Lipinski definition) is 1. The van der Waals surface area contributed by atoms with Gasteiger partial charge in [-0.15, -0.1) is 0 Å². The molecule has 0 aliphatic carbocycles. The fourth-order valence-corrected chi connectivity index (χ4v) is 2.53. The zero-order valence-corrected chi connectivity index (χ0v) is 12.3. The second kappa shape index (κ2) is 6.47. The predicted molar refractivity (Wildman–Crippen MR) is 90.7 cm³/mol. The predicted octanol–water partition coefficient (Wildman–Crippen LogP) is 5.62. The minimum atomic E-state index is 0.755. The van der Waals surface area contributed by atoms with E-state index in [1.165, 1.54) is 5.56 Å². The van der Waals surface area contributed by atoms with Crippen LogP contribution in [-0.4, -0.2) is 0 Å². The van der Waals surface area contributed by atoms with Crippen LogP contribution in [0.2, 0.25) is 5.02 Å². The average Bonchev–Trinajstić information content (AvgIpc) is 2.54. The van der Waals surface area contributed by atoms with Crippen molar-refractivity contribution >= 4 is 17.3 Å². The van der Waals surface area contributed by atoms with Crippen molar-refractivity contribution in [1.29, 1.82) is 0 Å². The molecule has 3 aromatic rings. The lowest BCUT2D eigenvalue weighted by molar-refractivity contribution is 1.15. The van der Waals surface area contributed by atoms with Crippen LogP contribution in [0, 0.1) is 0 Å². The summed E-state index contributed by atoms with van der Waals surface area (Å²) in [6, 6.07) is 26.6. The number of nitrogens with one attached hydrogen (secondary N) is 1. The summed E-state index contributed by atoms with van der Waals surface area (Å²) in [5.74, 6) is 0. The monoisotopic (exact) mass is 293 g/mol. The van der Waals surface area contributed by atoms with Gasteiger partial charge in [-0.05, 0) is 29.3 Å². The summed E-state index contributed by atoms with van der Waals surface area (Å²) in [4.78, 5) is 0. The van der Waals surface area contributed by atoms with Gasteiger partial charge in [-0.25, -0.2) is 0 Å². The summed E-state index contributed by atoms with van der Waals surface area (Å²) in [5, 5.41) is 4.26. The van der Waals surface area contributed by atoms with Crippen molar-refractivity contribution in [3.8, 4) is 11.1 Å². The lowest BCUT2D eigenvalue weighted by atomic mass is 10.0. The van der Waals surface area contributed by atoms with Crippen LogP contribution in [0.3, 0.4) is 0 Å². The molecule has 2 heteroatoms. The van der Waals surface area contributed by atoms with E-state index in [-0.39, 0.29) is 0 Å². The zero-order chi connectivity index (χ0) is 14.5. The molecule has 1 N–H and O–H groups in total. The standard InChI is InChI=1S/C19H16ClN/c20-17-10-6-9-16(13-17)18-11-4-5-12-19(18)21-14-15-7-2-1-3-8-15/h1-13,21H,14H2. The van der Waals surface area contributed by atoms with Gasteiger partial charge in [0.2, 0.25) is 0 Å². The lowest BCUT2D eigenvalue weighted by Gasteiger charge is -2.12. The Kier molecular flexibility index (Phi) is 4.23. The summed E-state index contributed by atoms with van der Waals surface area (Å²) in [6.07, 6.45) is 0. The summed E-state index contributed by atoms with van der Waals surface area (Å²) in [6.45, 7) is 0.804. The number of halogens is 1. The Labute approximate surface area is 130 Å². The molecule has 0 aromatic heterocycles. The van der Waals surface area contributed by atoms with Crippen molar-refractivity contribution in [1.82, 2.24) is 0 Å². The largest absolute Gasteiger partial charge is 0.380 e. The summed E-state index contributed by atoms with van der Waals surface area (Å²) in [5.41, 5.74) is 4.66. The van der Waals surface area contributed by atoms with Crippen molar-refractivity contribution in [2.45, 2.75) is 6.54 Å². The molecule has 3 rings (SSSR count). The molecule has 0 heterocycles. The van der Waals surface area contributed by atoms with Crippen LogP contribution >= 0.6 is 11.6 Å². The van der Waals surface area contributed by atoms with E-state index in [9.17, 15) is 0 Å². The maximum atomic E-state index is 6.10. The molecule has 104 valence electrons. The topological polar surface area (TPSA) is 12.0 Å². The van der Waals surface area contributed by atoms with E-state index in [0.717, 1.165) is 28.4 Å². The van der Waals surface area contributed by atoms with Crippen LogP contribution in [0.1, 0.15) is 5.56 Å². The molecule has 0 radical (unpaired) electrons. The third-order valence-electron chi connectivity index (χ3n) is 3.39. The molecule has 0 atom stereocenters. The molecule has 0 saturated carbocycles. The zero-order valence-electron chi connectivity index (χ0n) is 11.6. The van der Waals surface area contributed by atoms with E-state index in [1.54, 1.807) is 0 Å². The van der Waals surface area contributed by atoms with E-state index >= 15 is 0 Å². The molecule has 0 saturated heterocycles. The van der Waals surface area contributed by atoms with Gasteiger partial charge >= 0.3 is 0 Å². The van der Waals surface area contributed by atoms with Gasteiger partial charge in [-0.3, -0.25) is 0 Å². The molecule has 0 amide bonds. The first-order chi connectivity index (χ1) is 10.3. The molecular formula is C19H16ClN. The Morgan fingerprint density at radius 2 is 1.52 bits per heavy atom. The average molecular weight is 294 g/mol. The van der Waals surface area contributed by atoms with Crippen molar-refractivity contribution in [3.63, 3.8) is 0 Å². The molecule has 0 aliphatic rings. The van der Waals surface area contributed by atoms with Gasteiger partial charge in [0.25, 0.3) is 0 Å². The Morgan fingerprint density at radius 1 is 0.762 bits per heavy atom. The summed E-state index contributed by atoms with van der Waals surface area (Å²) >= 11 is 6.10. The highest BCUT2D eigenvalue weighted by Gasteiger charge is 2.04. The first-order valence-electron chi connectivity index (χ1n) is 6.96. The number of anilines is 1. The van der Waals surface area contributed by atoms with Crippen LogP contribution in [0.25, 0.3) is 11.1 Å². The van der Waals surface area contributed by atoms with Gasteiger partial charge in [0, 0.05) is 22.8 Å². The number of benzene rings is 3. The van der Waals surface area contributed by atoms with E-state index in [2.05, 4.69) is 47.8 Å². The van der Waals surface area contributed by atoms with Crippen LogP contribution < -0.4 is 5.32 Å². The van der Waals surface area contributed by atoms with Crippen molar-refractivity contribution < 1.29 is 0 Å². The molecule has 0 unspecified atom stereocenters. The van der Waals surface area contributed by atoms with Gasteiger partial charge in [-0.2, -0.15) is 0 Å². The maximum absolute atomic E-state index is 6.10. The molecule has 0 spiro atoms. The molecule has 21 heavy (non-hydrogen) atoms.